The number of hydrogen-bond donors (Lipinski definition) is 2. The Kier molecular flexibility index (Phi) is 4.20. The number of anilines is 2. The molecule has 0 aromatic heterocycles. The molecule has 0 spiro atoms. The quantitative estimate of drug-likeness (QED) is 0.844. The SMILES string of the molecule is Cc1ccc(CN(C)c2ccc(S(N)(=O)=O)c(N)c2)cc1. The van der Waals surface area contributed by atoms with E-state index in [1.54, 1.807) is 12.1 Å². The van der Waals surface area contributed by atoms with Gasteiger partial charge in [0.15, 0.2) is 0 Å². The predicted octanol–water partition coefficient (Wildman–Crippen LogP) is 1.86. The molecule has 0 fully saturated rings. The number of benzene rings is 2. The third-order valence-corrected chi connectivity index (χ3v) is 4.27. The fraction of sp³-hybridized carbons (Fsp3) is 0.200. The zero-order valence-electron chi connectivity index (χ0n) is 12.1. The second-order valence-electron chi connectivity index (χ2n) is 5.11. The molecule has 0 radical (unpaired) electrons. The highest BCUT2D eigenvalue weighted by molar-refractivity contribution is 7.89. The monoisotopic (exact) mass is 305 g/mol. The topological polar surface area (TPSA) is 89.4 Å². The lowest BCUT2D eigenvalue weighted by Crippen LogP contribution is -2.18. The maximum atomic E-state index is 11.3. The van der Waals surface area contributed by atoms with Crippen LogP contribution >= 0.6 is 0 Å². The molecule has 0 aliphatic heterocycles. The van der Waals surface area contributed by atoms with Gasteiger partial charge in [0, 0.05) is 19.3 Å². The van der Waals surface area contributed by atoms with Crippen LogP contribution in [0.3, 0.4) is 0 Å². The van der Waals surface area contributed by atoms with Crippen LogP contribution < -0.4 is 15.8 Å². The Hall–Kier alpha value is -2.05. The Balaban J connectivity index is 2.22. The van der Waals surface area contributed by atoms with E-state index in [2.05, 4.69) is 24.3 Å². The van der Waals surface area contributed by atoms with Crippen molar-refractivity contribution in [3.8, 4) is 0 Å². The number of sulfonamides is 1. The van der Waals surface area contributed by atoms with Crippen LogP contribution in [0.1, 0.15) is 11.1 Å². The summed E-state index contributed by atoms with van der Waals surface area (Å²) in [5, 5.41) is 5.10. The normalized spacial score (nSPS) is 11.4. The average Bonchev–Trinajstić information content (AvgIpc) is 2.39. The van der Waals surface area contributed by atoms with E-state index in [1.807, 2.05) is 18.9 Å². The second kappa shape index (κ2) is 5.75. The molecule has 0 aliphatic rings. The van der Waals surface area contributed by atoms with Crippen molar-refractivity contribution in [1.29, 1.82) is 0 Å². The number of aryl methyl sites for hydroxylation is 1. The van der Waals surface area contributed by atoms with Crippen LogP contribution in [-0.4, -0.2) is 15.5 Å². The van der Waals surface area contributed by atoms with Crippen LogP contribution in [-0.2, 0) is 16.6 Å². The summed E-state index contributed by atoms with van der Waals surface area (Å²) in [5.74, 6) is 0. The molecule has 0 atom stereocenters. The van der Waals surface area contributed by atoms with Crippen molar-refractivity contribution in [1.82, 2.24) is 0 Å². The van der Waals surface area contributed by atoms with Gasteiger partial charge in [-0.25, -0.2) is 13.6 Å². The molecule has 21 heavy (non-hydrogen) atoms. The molecule has 0 saturated heterocycles. The molecular weight excluding hydrogens is 286 g/mol. The molecule has 0 heterocycles. The Morgan fingerprint density at radius 3 is 2.24 bits per heavy atom. The molecule has 0 aliphatic carbocycles. The summed E-state index contributed by atoms with van der Waals surface area (Å²) in [7, 11) is -1.86. The molecule has 5 nitrogen and oxygen atoms in total. The van der Waals surface area contributed by atoms with Gasteiger partial charge in [0.2, 0.25) is 10.0 Å². The van der Waals surface area contributed by atoms with E-state index in [-0.39, 0.29) is 10.6 Å². The van der Waals surface area contributed by atoms with Gasteiger partial charge in [0.25, 0.3) is 0 Å². The lowest BCUT2D eigenvalue weighted by molar-refractivity contribution is 0.598. The molecule has 0 saturated carbocycles. The van der Waals surface area contributed by atoms with E-state index in [4.69, 9.17) is 10.9 Å². The maximum absolute atomic E-state index is 11.3. The Bertz CT molecular complexity index is 740. The fourth-order valence-electron chi connectivity index (χ4n) is 2.09. The summed E-state index contributed by atoms with van der Waals surface area (Å²) in [5.41, 5.74) is 9.14. The van der Waals surface area contributed by atoms with Crippen molar-refractivity contribution >= 4 is 21.4 Å². The minimum Gasteiger partial charge on any atom is -0.398 e. The Morgan fingerprint density at radius 1 is 1.10 bits per heavy atom. The van der Waals surface area contributed by atoms with E-state index >= 15 is 0 Å². The van der Waals surface area contributed by atoms with Crippen molar-refractivity contribution in [2.75, 3.05) is 17.7 Å². The van der Waals surface area contributed by atoms with Crippen LogP contribution in [0.5, 0.6) is 0 Å². The van der Waals surface area contributed by atoms with Crippen molar-refractivity contribution in [2.45, 2.75) is 18.4 Å². The number of rotatable bonds is 4. The molecule has 112 valence electrons. The fourth-order valence-corrected chi connectivity index (χ4v) is 2.74. The molecule has 6 heteroatoms. The average molecular weight is 305 g/mol. The smallest absolute Gasteiger partial charge is 0.240 e. The van der Waals surface area contributed by atoms with Gasteiger partial charge in [-0.2, -0.15) is 0 Å². The van der Waals surface area contributed by atoms with Gasteiger partial charge >= 0.3 is 0 Å². The van der Waals surface area contributed by atoms with Crippen LogP contribution in [0.15, 0.2) is 47.4 Å². The summed E-state index contributed by atoms with van der Waals surface area (Å²) in [6, 6.07) is 13.0. The first-order chi connectivity index (χ1) is 9.77. The Morgan fingerprint density at radius 2 is 1.71 bits per heavy atom. The van der Waals surface area contributed by atoms with Crippen LogP contribution in [0.25, 0.3) is 0 Å². The van der Waals surface area contributed by atoms with Crippen LogP contribution in [0, 0.1) is 6.92 Å². The van der Waals surface area contributed by atoms with Gasteiger partial charge in [-0.3, -0.25) is 0 Å². The number of nitrogens with zero attached hydrogens (tertiary/aromatic N) is 1. The van der Waals surface area contributed by atoms with E-state index in [0.29, 0.717) is 6.54 Å². The van der Waals surface area contributed by atoms with Crippen molar-refractivity contribution in [3.05, 3.63) is 53.6 Å². The van der Waals surface area contributed by atoms with E-state index in [9.17, 15) is 8.42 Å². The minimum absolute atomic E-state index is 0.0463. The minimum atomic E-state index is -3.78. The summed E-state index contributed by atoms with van der Waals surface area (Å²) >= 11 is 0. The number of hydrogen-bond acceptors (Lipinski definition) is 4. The number of nitrogen functional groups attached to an aromatic ring is 1. The maximum Gasteiger partial charge on any atom is 0.240 e. The highest BCUT2D eigenvalue weighted by Gasteiger charge is 2.13. The third-order valence-electron chi connectivity index (χ3n) is 3.28. The standard InChI is InChI=1S/C15H19N3O2S/c1-11-3-5-12(6-4-11)10-18(2)13-7-8-15(14(16)9-13)21(17,19)20/h3-9H,10,16H2,1-2H3,(H2,17,19,20). The molecular formula is C15H19N3O2S. The number of nitrogens with two attached hydrogens (primary N) is 2. The van der Waals surface area contributed by atoms with Gasteiger partial charge < -0.3 is 10.6 Å². The second-order valence-corrected chi connectivity index (χ2v) is 6.64. The summed E-state index contributed by atoms with van der Waals surface area (Å²) in [6.45, 7) is 2.74. The summed E-state index contributed by atoms with van der Waals surface area (Å²) < 4.78 is 22.7. The number of primary sulfonamides is 1. The largest absolute Gasteiger partial charge is 0.398 e. The van der Waals surface area contributed by atoms with E-state index < -0.39 is 10.0 Å². The predicted molar refractivity (Wildman–Crippen MR) is 85.5 cm³/mol. The van der Waals surface area contributed by atoms with Crippen LogP contribution in [0.2, 0.25) is 0 Å². The van der Waals surface area contributed by atoms with E-state index in [0.717, 1.165) is 11.3 Å². The van der Waals surface area contributed by atoms with Gasteiger partial charge in [-0.15, -0.1) is 0 Å². The third kappa shape index (κ3) is 3.74. The zero-order valence-corrected chi connectivity index (χ0v) is 12.9. The molecule has 0 amide bonds. The first-order valence-corrected chi connectivity index (χ1v) is 8.01. The summed E-state index contributed by atoms with van der Waals surface area (Å²) in [4.78, 5) is 1.95. The van der Waals surface area contributed by atoms with Crippen molar-refractivity contribution in [3.63, 3.8) is 0 Å². The molecule has 0 bridgehead atoms. The van der Waals surface area contributed by atoms with Crippen LogP contribution in [0.4, 0.5) is 11.4 Å². The zero-order chi connectivity index (χ0) is 15.6. The molecule has 2 aromatic carbocycles. The first kappa shape index (κ1) is 15.3. The van der Waals surface area contributed by atoms with E-state index in [1.165, 1.54) is 11.6 Å². The van der Waals surface area contributed by atoms with Crippen molar-refractivity contribution < 1.29 is 8.42 Å². The lowest BCUT2D eigenvalue weighted by atomic mass is 10.1. The molecule has 2 aromatic rings. The Labute approximate surface area is 125 Å². The van der Waals surface area contributed by atoms with Gasteiger partial charge in [-0.1, -0.05) is 29.8 Å². The van der Waals surface area contributed by atoms with Gasteiger partial charge in [0.05, 0.1) is 5.69 Å². The lowest BCUT2D eigenvalue weighted by Gasteiger charge is -2.20. The summed E-state index contributed by atoms with van der Waals surface area (Å²) in [6.07, 6.45) is 0. The van der Waals surface area contributed by atoms with Crippen molar-refractivity contribution in [2.24, 2.45) is 5.14 Å². The molecule has 0 unspecified atom stereocenters. The highest BCUT2D eigenvalue weighted by atomic mass is 32.2. The molecule has 2 rings (SSSR count). The first-order valence-electron chi connectivity index (χ1n) is 6.46. The van der Waals surface area contributed by atoms with Gasteiger partial charge in [-0.05, 0) is 30.7 Å². The highest BCUT2D eigenvalue weighted by Crippen LogP contribution is 2.24. The molecule has 4 N–H and O–H groups in total. The van der Waals surface area contributed by atoms with Gasteiger partial charge in [0.1, 0.15) is 4.90 Å².